The molecule has 0 aliphatic heterocycles. The molecule has 2 aromatic heterocycles. The summed E-state index contributed by atoms with van der Waals surface area (Å²) in [7, 11) is 0. The van der Waals surface area contributed by atoms with Gasteiger partial charge in [0, 0.05) is 17.0 Å². The molecule has 0 saturated heterocycles. The summed E-state index contributed by atoms with van der Waals surface area (Å²) in [6.45, 7) is 5.97. The third-order valence-electron chi connectivity index (χ3n) is 3.59. The van der Waals surface area contributed by atoms with Crippen molar-refractivity contribution in [1.29, 1.82) is 0 Å². The molecule has 1 saturated carbocycles. The standard InChI is InChI=1S/C15H17N3O3/c1-4-20-14(19)15(5-6-15)13-17-12(18-21-13)11-7-9(2)16-10(3)8-11/h7-8H,4-6H2,1-3H3. The molecule has 110 valence electrons. The van der Waals surface area contributed by atoms with Gasteiger partial charge in [0.15, 0.2) is 0 Å². The molecular weight excluding hydrogens is 270 g/mol. The predicted octanol–water partition coefficient (Wildman–Crippen LogP) is 2.34. The summed E-state index contributed by atoms with van der Waals surface area (Å²) in [5.74, 6) is 0.555. The predicted molar refractivity (Wildman–Crippen MR) is 74.5 cm³/mol. The number of carbonyl (C=O) groups is 1. The van der Waals surface area contributed by atoms with Crippen LogP contribution in [0.15, 0.2) is 16.7 Å². The molecule has 2 aromatic rings. The molecule has 0 bridgehead atoms. The van der Waals surface area contributed by atoms with E-state index in [1.807, 2.05) is 26.0 Å². The van der Waals surface area contributed by atoms with Gasteiger partial charge >= 0.3 is 5.97 Å². The van der Waals surface area contributed by atoms with E-state index in [0.29, 0.717) is 31.2 Å². The fourth-order valence-electron chi connectivity index (χ4n) is 2.40. The van der Waals surface area contributed by atoms with Crippen molar-refractivity contribution in [3.05, 3.63) is 29.4 Å². The van der Waals surface area contributed by atoms with Crippen LogP contribution in [0.25, 0.3) is 11.4 Å². The number of esters is 1. The lowest BCUT2D eigenvalue weighted by Crippen LogP contribution is -2.23. The maximum atomic E-state index is 12.0. The first-order valence-electron chi connectivity index (χ1n) is 7.02. The van der Waals surface area contributed by atoms with E-state index in [4.69, 9.17) is 9.26 Å². The van der Waals surface area contributed by atoms with Crippen molar-refractivity contribution in [2.75, 3.05) is 6.61 Å². The number of rotatable bonds is 4. The van der Waals surface area contributed by atoms with Crippen molar-refractivity contribution in [2.45, 2.75) is 39.0 Å². The molecule has 0 aromatic carbocycles. The van der Waals surface area contributed by atoms with Gasteiger partial charge in [-0.15, -0.1) is 0 Å². The number of ether oxygens (including phenoxy) is 1. The summed E-state index contributed by atoms with van der Waals surface area (Å²) >= 11 is 0. The monoisotopic (exact) mass is 287 g/mol. The summed E-state index contributed by atoms with van der Waals surface area (Å²) in [5, 5.41) is 4.00. The molecule has 3 rings (SSSR count). The summed E-state index contributed by atoms with van der Waals surface area (Å²) in [5.41, 5.74) is 1.90. The summed E-state index contributed by atoms with van der Waals surface area (Å²) in [6, 6.07) is 3.79. The van der Waals surface area contributed by atoms with E-state index < -0.39 is 5.41 Å². The summed E-state index contributed by atoms with van der Waals surface area (Å²) in [4.78, 5) is 20.7. The van der Waals surface area contributed by atoms with E-state index in [-0.39, 0.29) is 5.97 Å². The van der Waals surface area contributed by atoms with Crippen LogP contribution in [-0.2, 0) is 14.9 Å². The lowest BCUT2D eigenvalue weighted by molar-refractivity contribution is -0.146. The van der Waals surface area contributed by atoms with Crippen LogP contribution in [0.5, 0.6) is 0 Å². The highest BCUT2D eigenvalue weighted by molar-refractivity contribution is 5.85. The fourth-order valence-corrected chi connectivity index (χ4v) is 2.40. The Balaban J connectivity index is 1.92. The SMILES string of the molecule is CCOC(=O)C1(c2nc(-c3cc(C)nc(C)c3)no2)CC1. The maximum Gasteiger partial charge on any atom is 0.321 e. The first-order chi connectivity index (χ1) is 10.0. The second kappa shape index (κ2) is 4.95. The highest BCUT2D eigenvalue weighted by Crippen LogP contribution is 2.48. The zero-order valence-corrected chi connectivity index (χ0v) is 12.3. The summed E-state index contributed by atoms with van der Waals surface area (Å²) in [6.07, 6.45) is 1.39. The Morgan fingerprint density at radius 1 is 1.29 bits per heavy atom. The van der Waals surface area contributed by atoms with Crippen molar-refractivity contribution in [3.63, 3.8) is 0 Å². The molecule has 0 radical (unpaired) electrons. The molecule has 0 N–H and O–H groups in total. The van der Waals surface area contributed by atoms with Gasteiger partial charge in [0.1, 0.15) is 5.41 Å². The van der Waals surface area contributed by atoms with Crippen molar-refractivity contribution < 1.29 is 14.1 Å². The van der Waals surface area contributed by atoms with Gasteiger partial charge in [0.25, 0.3) is 0 Å². The number of nitrogens with zero attached hydrogens (tertiary/aromatic N) is 3. The fraction of sp³-hybridized carbons (Fsp3) is 0.467. The minimum absolute atomic E-state index is 0.276. The Kier molecular flexibility index (Phi) is 3.23. The molecule has 6 heteroatoms. The zero-order valence-electron chi connectivity index (χ0n) is 12.3. The Labute approximate surface area is 122 Å². The van der Waals surface area contributed by atoms with Crippen LogP contribution in [0.4, 0.5) is 0 Å². The number of aryl methyl sites for hydroxylation is 2. The Morgan fingerprint density at radius 3 is 2.52 bits per heavy atom. The molecule has 1 aliphatic rings. The molecule has 1 aliphatic carbocycles. The average molecular weight is 287 g/mol. The van der Waals surface area contributed by atoms with Gasteiger partial charge in [-0.05, 0) is 45.7 Å². The van der Waals surface area contributed by atoms with Crippen LogP contribution < -0.4 is 0 Å². The normalized spacial score (nSPS) is 15.8. The van der Waals surface area contributed by atoms with E-state index in [2.05, 4.69) is 15.1 Å². The quantitative estimate of drug-likeness (QED) is 0.803. The van der Waals surface area contributed by atoms with Crippen LogP contribution in [0.2, 0.25) is 0 Å². The highest BCUT2D eigenvalue weighted by atomic mass is 16.5. The van der Waals surface area contributed by atoms with Gasteiger partial charge in [-0.25, -0.2) is 0 Å². The van der Waals surface area contributed by atoms with Crippen LogP contribution in [-0.4, -0.2) is 27.7 Å². The first-order valence-corrected chi connectivity index (χ1v) is 7.02. The molecule has 0 amide bonds. The Morgan fingerprint density at radius 2 is 1.95 bits per heavy atom. The second-order valence-corrected chi connectivity index (χ2v) is 5.36. The molecule has 1 fully saturated rings. The number of pyridine rings is 1. The summed E-state index contributed by atoms with van der Waals surface area (Å²) < 4.78 is 10.4. The van der Waals surface area contributed by atoms with E-state index in [1.54, 1.807) is 6.92 Å². The van der Waals surface area contributed by atoms with Crippen LogP contribution >= 0.6 is 0 Å². The Bertz CT molecular complexity index is 669. The van der Waals surface area contributed by atoms with Crippen molar-refractivity contribution >= 4 is 5.97 Å². The van der Waals surface area contributed by atoms with Crippen LogP contribution in [0.1, 0.15) is 37.0 Å². The van der Waals surface area contributed by atoms with Gasteiger partial charge < -0.3 is 9.26 Å². The van der Waals surface area contributed by atoms with Crippen molar-refractivity contribution in [3.8, 4) is 11.4 Å². The van der Waals surface area contributed by atoms with Crippen molar-refractivity contribution in [1.82, 2.24) is 15.1 Å². The lowest BCUT2D eigenvalue weighted by atomic mass is 10.1. The third kappa shape index (κ3) is 2.41. The lowest BCUT2D eigenvalue weighted by Gasteiger charge is -2.08. The van der Waals surface area contributed by atoms with Gasteiger partial charge in [-0.2, -0.15) is 4.98 Å². The molecule has 6 nitrogen and oxygen atoms in total. The van der Waals surface area contributed by atoms with Gasteiger partial charge in [0.05, 0.1) is 6.61 Å². The molecule has 0 atom stereocenters. The topological polar surface area (TPSA) is 78.1 Å². The molecule has 21 heavy (non-hydrogen) atoms. The number of carbonyl (C=O) groups excluding carboxylic acids is 1. The van der Waals surface area contributed by atoms with Gasteiger partial charge in [-0.1, -0.05) is 5.16 Å². The van der Waals surface area contributed by atoms with Gasteiger partial charge in [0.2, 0.25) is 11.7 Å². The molecular formula is C15H17N3O3. The first kappa shape index (κ1) is 13.7. The second-order valence-electron chi connectivity index (χ2n) is 5.36. The minimum atomic E-state index is -0.724. The Hall–Kier alpha value is -2.24. The maximum absolute atomic E-state index is 12.0. The highest BCUT2D eigenvalue weighted by Gasteiger charge is 2.57. The number of hydrogen-bond donors (Lipinski definition) is 0. The van der Waals surface area contributed by atoms with Gasteiger partial charge in [-0.3, -0.25) is 9.78 Å². The van der Waals surface area contributed by atoms with E-state index in [0.717, 1.165) is 17.0 Å². The number of aromatic nitrogens is 3. The van der Waals surface area contributed by atoms with Crippen LogP contribution in [0, 0.1) is 13.8 Å². The molecule has 2 heterocycles. The number of hydrogen-bond acceptors (Lipinski definition) is 6. The van der Waals surface area contributed by atoms with Crippen molar-refractivity contribution in [2.24, 2.45) is 0 Å². The molecule has 0 unspecified atom stereocenters. The van der Waals surface area contributed by atoms with Crippen LogP contribution in [0.3, 0.4) is 0 Å². The smallest absolute Gasteiger partial charge is 0.321 e. The molecule has 0 spiro atoms. The van der Waals surface area contributed by atoms with E-state index in [9.17, 15) is 4.79 Å². The zero-order chi connectivity index (χ0) is 15.0. The third-order valence-corrected chi connectivity index (χ3v) is 3.59. The largest absolute Gasteiger partial charge is 0.465 e. The average Bonchev–Trinajstić information content (AvgIpc) is 3.09. The van der Waals surface area contributed by atoms with E-state index >= 15 is 0 Å². The van der Waals surface area contributed by atoms with E-state index in [1.165, 1.54) is 0 Å². The minimum Gasteiger partial charge on any atom is -0.465 e.